The van der Waals surface area contributed by atoms with Crippen LogP contribution in [-0.2, 0) is 0 Å². The minimum Gasteiger partial charge on any atom is -0.300 e. The van der Waals surface area contributed by atoms with E-state index in [1.807, 2.05) is 23.5 Å². The van der Waals surface area contributed by atoms with Gasteiger partial charge in [-0.25, -0.2) is 0 Å². The van der Waals surface area contributed by atoms with E-state index in [9.17, 15) is 0 Å². The molecule has 1 nitrogen and oxygen atoms in total. The summed E-state index contributed by atoms with van der Waals surface area (Å²) in [4.78, 5) is 5.54. The number of benzene rings is 2. The Hall–Kier alpha value is -0.900. The average molecular weight is 358 g/mol. The van der Waals surface area contributed by atoms with E-state index in [0.717, 1.165) is 6.04 Å². The van der Waals surface area contributed by atoms with Crippen LogP contribution in [0.1, 0.15) is 25.7 Å². The van der Waals surface area contributed by atoms with Gasteiger partial charge in [-0.3, -0.25) is 4.90 Å². The molecular weight excluding hydrogens is 330 g/mol. The Morgan fingerprint density at radius 2 is 1.50 bits per heavy atom. The standard InChI is InChI=1S/C21H27NS2/c1-3-11-20(12-4-1)23-17-9-16-22-15-8-7-10-19(22)18-24-21-13-5-2-6-14-21/h1-6,11-14,19H,7-10,15-18H2. The highest BCUT2D eigenvalue weighted by Crippen LogP contribution is 2.26. The average Bonchev–Trinajstić information content (AvgIpc) is 2.66. The molecule has 0 aliphatic carbocycles. The van der Waals surface area contributed by atoms with Crippen molar-refractivity contribution in [2.24, 2.45) is 0 Å². The number of rotatable bonds is 8. The zero-order valence-corrected chi connectivity index (χ0v) is 15.9. The minimum atomic E-state index is 0.755. The van der Waals surface area contributed by atoms with Crippen molar-refractivity contribution in [3.63, 3.8) is 0 Å². The SMILES string of the molecule is c1ccc(SCCCN2CCCCC2CSc2ccccc2)cc1. The topological polar surface area (TPSA) is 3.24 Å². The summed E-state index contributed by atoms with van der Waals surface area (Å²) in [6.45, 7) is 2.54. The Labute approximate surface area is 155 Å². The molecule has 1 aliphatic heterocycles. The molecule has 1 heterocycles. The molecule has 0 amide bonds. The lowest BCUT2D eigenvalue weighted by molar-refractivity contribution is 0.165. The van der Waals surface area contributed by atoms with Crippen molar-refractivity contribution in [1.29, 1.82) is 0 Å². The summed E-state index contributed by atoms with van der Waals surface area (Å²) in [6.07, 6.45) is 5.42. The van der Waals surface area contributed by atoms with Crippen LogP contribution in [0.15, 0.2) is 70.5 Å². The fourth-order valence-corrected chi connectivity index (χ4v) is 5.20. The zero-order valence-electron chi connectivity index (χ0n) is 14.3. The van der Waals surface area contributed by atoms with E-state index in [-0.39, 0.29) is 0 Å². The number of thioether (sulfide) groups is 2. The molecule has 0 aromatic heterocycles. The van der Waals surface area contributed by atoms with Gasteiger partial charge in [-0.15, -0.1) is 23.5 Å². The fraction of sp³-hybridized carbons (Fsp3) is 0.429. The predicted octanol–water partition coefficient (Wildman–Crippen LogP) is 5.82. The van der Waals surface area contributed by atoms with Crippen molar-refractivity contribution in [2.75, 3.05) is 24.6 Å². The second-order valence-electron chi connectivity index (χ2n) is 6.32. The monoisotopic (exact) mass is 357 g/mol. The van der Waals surface area contributed by atoms with Gasteiger partial charge in [0.2, 0.25) is 0 Å². The highest BCUT2D eigenvalue weighted by Gasteiger charge is 2.21. The Bertz CT molecular complexity index is 573. The summed E-state index contributed by atoms with van der Waals surface area (Å²) >= 11 is 4.01. The lowest BCUT2D eigenvalue weighted by Gasteiger charge is -2.35. The molecule has 1 fully saturated rings. The van der Waals surface area contributed by atoms with Gasteiger partial charge in [-0.1, -0.05) is 42.8 Å². The molecule has 0 spiro atoms. The molecule has 1 atom stereocenters. The van der Waals surface area contributed by atoms with Crippen LogP contribution in [0.25, 0.3) is 0 Å². The summed E-state index contributed by atoms with van der Waals surface area (Å²) in [5.41, 5.74) is 0. The predicted molar refractivity (Wildman–Crippen MR) is 108 cm³/mol. The van der Waals surface area contributed by atoms with Gasteiger partial charge in [0.25, 0.3) is 0 Å². The Morgan fingerprint density at radius 1 is 0.833 bits per heavy atom. The molecule has 1 aliphatic rings. The van der Waals surface area contributed by atoms with Gasteiger partial charge < -0.3 is 0 Å². The van der Waals surface area contributed by atoms with Gasteiger partial charge in [-0.05, 0) is 62.4 Å². The number of likely N-dealkylation sites (tertiary alicyclic amines) is 1. The van der Waals surface area contributed by atoms with Crippen molar-refractivity contribution in [2.45, 2.75) is 41.5 Å². The summed E-state index contributed by atoms with van der Waals surface area (Å²) in [6, 6.07) is 22.4. The highest BCUT2D eigenvalue weighted by atomic mass is 32.2. The first-order valence-electron chi connectivity index (χ1n) is 9.01. The molecule has 0 bridgehead atoms. The molecule has 24 heavy (non-hydrogen) atoms. The molecule has 1 unspecified atom stereocenters. The molecule has 2 aromatic carbocycles. The van der Waals surface area contributed by atoms with Crippen LogP contribution in [0.2, 0.25) is 0 Å². The van der Waals surface area contributed by atoms with Crippen LogP contribution in [-0.4, -0.2) is 35.5 Å². The molecule has 0 radical (unpaired) electrons. The van der Waals surface area contributed by atoms with Gasteiger partial charge in [-0.2, -0.15) is 0 Å². The quantitative estimate of drug-likeness (QED) is 0.433. The van der Waals surface area contributed by atoms with E-state index >= 15 is 0 Å². The maximum absolute atomic E-state index is 2.74. The van der Waals surface area contributed by atoms with Crippen molar-refractivity contribution >= 4 is 23.5 Å². The normalized spacial score (nSPS) is 18.6. The molecule has 3 heteroatoms. The zero-order chi connectivity index (χ0) is 16.5. The third-order valence-electron chi connectivity index (χ3n) is 4.54. The Kier molecular flexibility index (Phi) is 7.59. The Morgan fingerprint density at radius 3 is 2.21 bits per heavy atom. The molecule has 3 rings (SSSR count). The van der Waals surface area contributed by atoms with Crippen LogP contribution < -0.4 is 0 Å². The Balaban J connectivity index is 1.40. The van der Waals surface area contributed by atoms with Crippen molar-refractivity contribution in [1.82, 2.24) is 4.90 Å². The highest BCUT2D eigenvalue weighted by molar-refractivity contribution is 7.99. The smallest absolute Gasteiger partial charge is 0.0189 e. The summed E-state index contributed by atoms with van der Waals surface area (Å²) < 4.78 is 0. The first-order chi connectivity index (χ1) is 11.9. The van der Waals surface area contributed by atoms with E-state index in [1.54, 1.807) is 0 Å². The molecular formula is C21H27NS2. The van der Waals surface area contributed by atoms with E-state index in [4.69, 9.17) is 0 Å². The molecule has 0 saturated carbocycles. The third-order valence-corrected chi connectivity index (χ3v) is 6.79. The summed E-state index contributed by atoms with van der Waals surface area (Å²) in [7, 11) is 0. The second-order valence-corrected chi connectivity index (χ2v) is 8.59. The van der Waals surface area contributed by atoms with E-state index in [1.165, 1.54) is 60.1 Å². The van der Waals surface area contributed by atoms with Crippen LogP contribution in [0.3, 0.4) is 0 Å². The third kappa shape index (κ3) is 5.87. The lowest BCUT2D eigenvalue weighted by Crippen LogP contribution is -2.41. The maximum Gasteiger partial charge on any atom is 0.0189 e. The van der Waals surface area contributed by atoms with Gasteiger partial charge in [0.05, 0.1) is 0 Å². The van der Waals surface area contributed by atoms with Crippen LogP contribution in [0.5, 0.6) is 0 Å². The molecule has 1 saturated heterocycles. The maximum atomic E-state index is 2.74. The number of piperidine rings is 1. The molecule has 128 valence electrons. The van der Waals surface area contributed by atoms with Gasteiger partial charge in [0, 0.05) is 21.6 Å². The summed E-state index contributed by atoms with van der Waals surface area (Å²) in [5, 5.41) is 0. The van der Waals surface area contributed by atoms with Gasteiger partial charge in [0.15, 0.2) is 0 Å². The summed E-state index contributed by atoms with van der Waals surface area (Å²) in [5.74, 6) is 2.45. The second kappa shape index (κ2) is 10.2. The number of hydrogen-bond donors (Lipinski definition) is 0. The van der Waals surface area contributed by atoms with Gasteiger partial charge in [0.1, 0.15) is 0 Å². The fourth-order valence-electron chi connectivity index (χ4n) is 3.23. The van der Waals surface area contributed by atoms with Crippen molar-refractivity contribution in [3.8, 4) is 0 Å². The van der Waals surface area contributed by atoms with Crippen LogP contribution >= 0.6 is 23.5 Å². The van der Waals surface area contributed by atoms with Crippen LogP contribution in [0, 0.1) is 0 Å². The van der Waals surface area contributed by atoms with E-state index in [0.29, 0.717) is 0 Å². The van der Waals surface area contributed by atoms with E-state index < -0.39 is 0 Å². The minimum absolute atomic E-state index is 0.755. The number of hydrogen-bond acceptors (Lipinski definition) is 3. The number of nitrogens with zero attached hydrogens (tertiary/aromatic N) is 1. The largest absolute Gasteiger partial charge is 0.300 e. The van der Waals surface area contributed by atoms with E-state index in [2.05, 4.69) is 65.6 Å². The molecule has 0 N–H and O–H groups in total. The van der Waals surface area contributed by atoms with Gasteiger partial charge >= 0.3 is 0 Å². The first-order valence-corrected chi connectivity index (χ1v) is 11.0. The van der Waals surface area contributed by atoms with Crippen molar-refractivity contribution < 1.29 is 0 Å². The first kappa shape index (κ1) is 17.9. The molecule has 2 aromatic rings. The van der Waals surface area contributed by atoms with Crippen LogP contribution in [0.4, 0.5) is 0 Å². The van der Waals surface area contributed by atoms with Crippen molar-refractivity contribution in [3.05, 3.63) is 60.7 Å². The lowest BCUT2D eigenvalue weighted by atomic mass is 10.0.